The Morgan fingerprint density at radius 1 is 1.47 bits per heavy atom. The van der Waals surface area contributed by atoms with Crippen LogP contribution >= 0.6 is 0 Å². The van der Waals surface area contributed by atoms with Gasteiger partial charge in [-0.2, -0.15) is 18.0 Å². The van der Waals surface area contributed by atoms with E-state index in [2.05, 4.69) is 4.72 Å². The molecule has 0 aliphatic carbocycles. The van der Waals surface area contributed by atoms with Gasteiger partial charge in [0, 0.05) is 33.2 Å². The van der Waals surface area contributed by atoms with E-state index in [9.17, 15) is 8.42 Å². The highest BCUT2D eigenvalue weighted by atomic mass is 32.2. The summed E-state index contributed by atoms with van der Waals surface area (Å²) < 4.78 is 31.6. The van der Waals surface area contributed by atoms with Crippen molar-refractivity contribution in [1.29, 1.82) is 5.26 Å². The van der Waals surface area contributed by atoms with Gasteiger partial charge in [-0.05, 0) is 0 Å². The Hall–Kier alpha value is -0.680. The Balaban J connectivity index is 4.40. The molecule has 0 aliphatic rings. The van der Waals surface area contributed by atoms with Gasteiger partial charge < -0.3 is 4.74 Å². The van der Waals surface area contributed by atoms with Gasteiger partial charge in [0.1, 0.15) is 0 Å². The van der Waals surface area contributed by atoms with Gasteiger partial charge in [-0.1, -0.05) is 6.92 Å². The number of nitriles is 1. The molecule has 7 heteroatoms. The van der Waals surface area contributed by atoms with Crippen LogP contribution in [0.5, 0.6) is 0 Å². The maximum Gasteiger partial charge on any atom is 0.279 e. The van der Waals surface area contributed by atoms with Crippen molar-refractivity contribution in [2.45, 2.75) is 13.3 Å². The second-order valence-electron chi connectivity index (χ2n) is 2.80. The van der Waals surface area contributed by atoms with Crippen LogP contribution in [0.3, 0.4) is 0 Å². The molecule has 0 unspecified atom stereocenters. The number of nitrogens with one attached hydrogen (secondary N) is 1. The van der Waals surface area contributed by atoms with Crippen molar-refractivity contribution in [1.82, 2.24) is 9.03 Å². The van der Waals surface area contributed by atoms with Crippen molar-refractivity contribution < 1.29 is 13.2 Å². The van der Waals surface area contributed by atoms with E-state index in [0.29, 0.717) is 13.2 Å². The standard InChI is InChI=1S/C8H17N3O3S/c1-3-10-15(12,13)11(6-4-5-9)7-8-14-2/h10H,3-4,6-8H2,1-2H3. The van der Waals surface area contributed by atoms with Crippen LogP contribution in [-0.4, -0.2) is 46.1 Å². The fraction of sp³-hybridized carbons (Fsp3) is 0.875. The van der Waals surface area contributed by atoms with E-state index in [0.717, 1.165) is 0 Å². The molecule has 0 aliphatic heterocycles. The van der Waals surface area contributed by atoms with E-state index >= 15 is 0 Å². The predicted molar refractivity (Wildman–Crippen MR) is 56.3 cm³/mol. The molecule has 6 nitrogen and oxygen atoms in total. The molecule has 0 fully saturated rings. The second kappa shape index (κ2) is 7.59. The topological polar surface area (TPSA) is 82.4 Å². The molecule has 0 amide bonds. The van der Waals surface area contributed by atoms with Crippen LogP contribution in [-0.2, 0) is 14.9 Å². The van der Waals surface area contributed by atoms with Crippen molar-refractivity contribution in [2.24, 2.45) is 0 Å². The van der Waals surface area contributed by atoms with Gasteiger partial charge in [-0.15, -0.1) is 0 Å². The molecule has 88 valence electrons. The zero-order valence-electron chi connectivity index (χ0n) is 9.06. The Labute approximate surface area is 91.0 Å². The molecule has 1 N–H and O–H groups in total. The SMILES string of the molecule is CCNS(=O)(=O)N(CCC#N)CCOC. The Kier molecular flexibility index (Phi) is 7.25. The average molecular weight is 235 g/mol. The summed E-state index contributed by atoms with van der Waals surface area (Å²) in [5.41, 5.74) is 0. The number of hydrogen-bond donors (Lipinski definition) is 1. The van der Waals surface area contributed by atoms with Crippen molar-refractivity contribution in [3.05, 3.63) is 0 Å². The van der Waals surface area contributed by atoms with E-state index in [1.54, 1.807) is 6.92 Å². The van der Waals surface area contributed by atoms with Gasteiger partial charge >= 0.3 is 0 Å². The highest BCUT2D eigenvalue weighted by Gasteiger charge is 2.19. The minimum Gasteiger partial charge on any atom is -0.383 e. The van der Waals surface area contributed by atoms with E-state index in [-0.39, 0.29) is 19.5 Å². The van der Waals surface area contributed by atoms with Crippen LogP contribution < -0.4 is 4.72 Å². The third-order valence-electron chi connectivity index (χ3n) is 1.68. The fourth-order valence-corrected chi connectivity index (χ4v) is 2.19. The maximum atomic E-state index is 11.6. The molecule has 0 bridgehead atoms. The van der Waals surface area contributed by atoms with Crippen LogP contribution in [0, 0.1) is 11.3 Å². The van der Waals surface area contributed by atoms with Crippen LogP contribution in [0.1, 0.15) is 13.3 Å². The number of hydrogen-bond acceptors (Lipinski definition) is 4. The first-order valence-corrected chi connectivity index (χ1v) is 6.13. The predicted octanol–water partition coefficient (Wildman–Crippen LogP) is -0.297. The number of nitrogens with zero attached hydrogens (tertiary/aromatic N) is 2. The number of ether oxygens (including phenoxy) is 1. The van der Waals surface area contributed by atoms with Crippen LogP contribution in [0.25, 0.3) is 0 Å². The molecular weight excluding hydrogens is 218 g/mol. The summed E-state index contributed by atoms with van der Waals surface area (Å²) in [6, 6.07) is 1.91. The lowest BCUT2D eigenvalue weighted by Crippen LogP contribution is -2.42. The van der Waals surface area contributed by atoms with E-state index in [1.165, 1.54) is 11.4 Å². The monoisotopic (exact) mass is 235 g/mol. The smallest absolute Gasteiger partial charge is 0.279 e. The largest absolute Gasteiger partial charge is 0.383 e. The molecule has 0 aromatic heterocycles. The van der Waals surface area contributed by atoms with Crippen molar-refractivity contribution in [3.8, 4) is 6.07 Å². The van der Waals surface area contributed by atoms with Gasteiger partial charge in [-0.3, -0.25) is 0 Å². The summed E-state index contributed by atoms with van der Waals surface area (Å²) in [5, 5.41) is 8.41. The zero-order valence-corrected chi connectivity index (χ0v) is 9.88. The lowest BCUT2D eigenvalue weighted by atomic mass is 10.4. The summed E-state index contributed by atoms with van der Waals surface area (Å²) in [6.07, 6.45) is 0.175. The molecule has 0 rings (SSSR count). The van der Waals surface area contributed by atoms with Crippen LogP contribution in [0.15, 0.2) is 0 Å². The Morgan fingerprint density at radius 3 is 2.60 bits per heavy atom. The highest BCUT2D eigenvalue weighted by Crippen LogP contribution is 1.99. The maximum absolute atomic E-state index is 11.6. The van der Waals surface area contributed by atoms with Gasteiger partial charge in [0.05, 0.1) is 12.7 Å². The molecule has 0 saturated carbocycles. The molecule has 0 heterocycles. The van der Waals surface area contributed by atoms with E-state index in [4.69, 9.17) is 10.00 Å². The summed E-state index contributed by atoms with van der Waals surface area (Å²) in [7, 11) is -1.96. The van der Waals surface area contributed by atoms with E-state index < -0.39 is 10.2 Å². The normalized spacial score (nSPS) is 11.6. The zero-order chi connectivity index (χ0) is 11.7. The third-order valence-corrected chi connectivity index (χ3v) is 3.38. The summed E-state index contributed by atoms with van der Waals surface area (Å²) >= 11 is 0. The third kappa shape index (κ3) is 5.69. The van der Waals surface area contributed by atoms with E-state index in [1.807, 2.05) is 6.07 Å². The van der Waals surface area contributed by atoms with Crippen LogP contribution in [0.4, 0.5) is 0 Å². The summed E-state index contributed by atoms with van der Waals surface area (Å²) in [6.45, 7) is 2.80. The van der Waals surface area contributed by atoms with Crippen molar-refractivity contribution in [3.63, 3.8) is 0 Å². The van der Waals surface area contributed by atoms with Gasteiger partial charge in [0.2, 0.25) is 0 Å². The van der Waals surface area contributed by atoms with Gasteiger partial charge in [0.15, 0.2) is 0 Å². The van der Waals surface area contributed by atoms with Crippen LogP contribution in [0.2, 0.25) is 0 Å². The first-order valence-electron chi connectivity index (χ1n) is 4.69. The lowest BCUT2D eigenvalue weighted by Gasteiger charge is -2.20. The molecule has 0 atom stereocenters. The quantitative estimate of drug-likeness (QED) is 0.626. The molecule has 0 saturated heterocycles. The van der Waals surface area contributed by atoms with Gasteiger partial charge in [0.25, 0.3) is 10.2 Å². The Morgan fingerprint density at radius 2 is 2.13 bits per heavy atom. The molecule has 15 heavy (non-hydrogen) atoms. The van der Waals surface area contributed by atoms with Crippen molar-refractivity contribution in [2.75, 3.05) is 33.4 Å². The first kappa shape index (κ1) is 14.3. The fourth-order valence-electron chi connectivity index (χ4n) is 0.994. The molecule has 0 spiro atoms. The first-order chi connectivity index (χ1) is 7.08. The molecule has 0 aromatic rings. The van der Waals surface area contributed by atoms with Gasteiger partial charge in [-0.25, -0.2) is 4.72 Å². The number of methoxy groups -OCH3 is 1. The van der Waals surface area contributed by atoms with Crippen molar-refractivity contribution >= 4 is 10.2 Å². The Bertz CT molecular complexity index is 297. The minimum atomic E-state index is -3.46. The summed E-state index contributed by atoms with van der Waals surface area (Å²) in [4.78, 5) is 0. The number of rotatable bonds is 8. The average Bonchev–Trinajstić information content (AvgIpc) is 2.17. The summed E-state index contributed by atoms with van der Waals surface area (Å²) in [5.74, 6) is 0. The minimum absolute atomic E-state index is 0.175. The second-order valence-corrected chi connectivity index (χ2v) is 4.56. The molecular formula is C8H17N3O3S. The molecule has 0 radical (unpaired) electrons. The highest BCUT2D eigenvalue weighted by molar-refractivity contribution is 7.87. The molecule has 0 aromatic carbocycles. The lowest BCUT2D eigenvalue weighted by molar-refractivity contribution is 0.179.